The van der Waals surface area contributed by atoms with Gasteiger partial charge in [-0.1, -0.05) is 0 Å². The molecule has 18 heavy (non-hydrogen) atoms. The van der Waals surface area contributed by atoms with Gasteiger partial charge in [-0.15, -0.1) is 0 Å². The van der Waals surface area contributed by atoms with Crippen LogP contribution in [0, 0.1) is 6.92 Å². The molecule has 0 saturated carbocycles. The molecule has 3 rings (SSSR count). The molecule has 0 aromatic carbocycles. The van der Waals surface area contributed by atoms with Crippen LogP contribution < -0.4 is 11.3 Å². The van der Waals surface area contributed by atoms with E-state index >= 15 is 0 Å². The Morgan fingerprint density at radius 3 is 2.89 bits per heavy atom. The molecule has 90 valence electrons. The van der Waals surface area contributed by atoms with Crippen LogP contribution in [0.1, 0.15) is 5.69 Å². The normalized spacial score (nSPS) is 10.9. The Morgan fingerprint density at radius 1 is 1.28 bits per heavy atom. The van der Waals surface area contributed by atoms with E-state index in [1.165, 1.54) is 0 Å². The molecule has 0 saturated heterocycles. The van der Waals surface area contributed by atoms with Crippen molar-refractivity contribution in [3.63, 3.8) is 0 Å². The highest BCUT2D eigenvalue weighted by Crippen LogP contribution is 2.17. The standard InChI is InChI=1S/C11H10N6O/c1-5-4-6(2-3-13-5)8-14-7-9(15-8)16-11(12)17-10(7)18/h2-4H,1H3,(H4,12,14,15,16,17,18). The van der Waals surface area contributed by atoms with Crippen LogP contribution >= 0.6 is 0 Å². The van der Waals surface area contributed by atoms with Gasteiger partial charge in [0.2, 0.25) is 5.95 Å². The van der Waals surface area contributed by atoms with Crippen molar-refractivity contribution < 1.29 is 0 Å². The predicted octanol–water partition coefficient (Wildman–Crippen LogP) is 0.599. The van der Waals surface area contributed by atoms with Crippen molar-refractivity contribution in [2.24, 2.45) is 0 Å². The number of hydrogen-bond donors (Lipinski definition) is 3. The molecule has 3 aromatic rings. The average molecular weight is 242 g/mol. The largest absolute Gasteiger partial charge is 0.369 e. The second kappa shape index (κ2) is 3.66. The minimum absolute atomic E-state index is 0.0523. The minimum atomic E-state index is -0.331. The summed E-state index contributed by atoms with van der Waals surface area (Å²) in [6.45, 7) is 1.88. The first-order valence-corrected chi connectivity index (χ1v) is 5.32. The summed E-state index contributed by atoms with van der Waals surface area (Å²) in [4.78, 5) is 29.3. The number of nitrogens with two attached hydrogens (primary N) is 1. The molecular weight excluding hydrogens is 232 g/mol. The van der Waals surface area contributed by atoms with Crippen LogP contribution in [0.15, 0.2) is 23.1 Å². The van der Waals surface area contributed by atoms with E-state index in [2.05, 4.69) is 24.9 Å². The first-order chi connectivity index (χ1) is 8.63. The zero-order valence-corrected chi connectivity index (χ0v) is 9.56. The number of nitrogens with zero attached hydrogens (tertiary/aromatic N) is 3. The molecule has 7 heteroatoms. The molecule has 0 bridgehead atoms. The van der Waals surface area contributed by atoms with Crippen LogP contribution in [-0.2, 0) is 0 Å². The number of nitrogens with one attached hydrogen (secondary N) is 2. The van der Waals surface area contributed by atoms with Crippen LogP contribution in [0.2, 0.25) is 0 Å². The Kier molecular flexibility index (Phi) is 2.12. The summed E-state index contributed by atoms with van der Waals surface area (Å²) >= 11 is 0. The number of nitrogen functional groups attached to an aromatic ring is 1. The highest BCUT2D eigenvalue weighted by Gasteiger charge is 2.10. The number of hydrogen-bond acceptors (Lipinski definition) is 5. The van der Waals surface area contributed by atoms with Crippen molar-refractivity contribution in [2.75, 3.05) is 5.73 Å². The lowest BCUT2D eigenvalue weighted by molar-refractivity contribution is 1.17. The summed E-state index contributed by atoms with van der Waals surface area (Å²) in [5.74, 6) is 0.621. The molecule has 0 amide bonds. The van der Waals surface area contributed by atoms with E-state index in [4.69, 9.17) is 5.73 Å². The Balaban J connectivity index is 2.26. The molecule has 0 aliphatic rings. The summed E-state index contributed by atoms with van der Waals surface area (Å²) in [5.41, 5.74) is 7.47. The fraction of sp³-hybridized carbons (Fsp3) is 0.0909. The van der Waals surface area contributed by atoms with Crippen molar-refractivity contribution in [1.82, 2.24) is 24.9 Å². The van der Waals surface area contributed by atoms with Gasteiger partial charge in [0.15, 0.2) is 11.2 Å². The predicted molar refractivity (Wildman–Crippen MR) is 66.9 cm³/mol. The first kappa shape index (κ1) is 10.5. The second-order valence-corrected chi connectivity index (χ2v) is 3.92. The van der Waals surface area contributed by atoms with E-state index in [0.29, 0.717) is 17.0 Å². The molecule has 0 radical (unpaired) electrons. The third kappa shape index (κ3) is 1.61. The Morgan fingerprint density at radius 2 is 2.11 bits per heavy atom. The Labute approximate surface area is 101 Å². The van der Waals surface area contributed by atoms with Crippen molar-refractivity contribution in [3.05, 3.63) is 34.4 Å². The van der Waals surface area contributed by atoms with Gasteiger partial charge in [0, 0.05) is 17.5 Å². The van der Waals surface area contributed by atoms with Gasteiger partial charge in [-0.25, -0.2) is 4.98 Å². The van der Waals surface area contributed by atoms with E-state index in [-0.39, 0.29) is 11.5 Å². The number of H-pyrrole nitrogens is 2. The Bertz CT molecular complexity index is 788. The molecule has 3 aromatic heterocycles. The highest BCUT2D eigenvalue weighted by molar-refractivity contribution is 5.75. The smallest absolute Gasteiger partial charge is 0.278 e. The zero-order chi connectivity index (χ0) is 12.7. The topological polar surface area (TPSA) is 113 Å². The van der Waals surface area contributed by atoms with E-state index in [1.54, 1.807) is 6.20 Å². The number of fused-ring (bicyclic) bond motifs is 1. The molecule has 0 aliphatic heterocycles. The molecule has 0 fully saturated rings. The average Bonchev–Trinajstić information content (AvgIpc) is 2.73. The number of aromatic nitrogens is 5. The molecule has 0 spiro atoms. The second-order valence-electron chi connectivity index (χ2n) is 3.92. The summed E-state index contributed by atoms with van der Waals surface area (Å²) in [6, 6.07) is 3.68. The van der Waals surface area contributed by atoms with Crippen LogP contribution in [0.3, 0.4) is 0 Å². The number of imidazole rings is 1. The monoisotopic (exact) mass is 242 g/mol. The van der Waals surface area contributed by atoms with Crippen molar-refractivity contribution >= 4 is 17.1 Å². The molecule has 4 N–H and O–H groups in total. The van der Waals surface area contributed by atoms with Gasteiger partial charge in [-0.05, 0) is 19.1 Å². The summed E-state index contributed by atoms with van der Waals surface area (Å²) < 4.78 is 0. The SMILES string of the molecule is Cc1cc(-c2nc3nc(N)[nH]c(=O)c3[nH]2)ccn1. The van der Waals surface area contributed by atoms with Gasteiger partial charge < -0.3 is 10.7 Å². The maximum Gasteiger partial charge on any atom is 0.278 e. The molecule has 0 atom stereocenters. The lowest BCUT2D eigenvalue weighted by Gasteiger charge is -1.96. The van der Waals surface area contributed by atoms with E-state index in [9.17, 15) is 4.79 Å². The maximum absolute atomic E-state index is 11.7. The van der Waals surface area contributed by atoms with Crippen LogP contribution in [0.4, 0.5) is 5.95 Å². The lowest BCUT2D eigenvalue weighted by Crippen LogP contribution is -2.10. The highest BCUT2D eigenvalue weighted by atomic mass is 16.1. The van der Waals surface area contributed by atoms with E-state index in [1.807, 2.05) is 19.1 Å². The molecule has 0 unspecified atom stereocenters. The number of aromatic amines is 2. The molecular formula is C11H10N6O. The van der Waals surface area contributed by atoms with Gasteiger partial charge in [-0.2, -0.15) is 4.98 Å². The van der Waals surface area contributed by atoms with Crippen LogP contribution in [0.25, 0.3) is 22.6 Å². The summed E-state index contributed by atoms with van der Waals surface area (Å²) in [7, 11) is 0. The quantitative estimate of drug-likeness (QED) is 0.578. The number of aryl methyl sites for hydroxylation is 1. The minimum Gasteiger partial charge on any atom is -0.369 e. The first-order valence-electron chi connectivity index (χ1n) is 5.32. The lowest BCUT2D eigenvalue weighted by atomic mass is 10.2. The third-order valence-corrected chi connectivity index (χ3v) is 2.55. The van der Waals surface area contributed by atoms with E-state index < -0.39 is 0 Å². The van der Waals surface area contributed by atoms with Crippen LogP contribution in [0.5, 0.6) is 0 Å². The van der Waals surface area contributed by atoms with E-state index in [0.717, 1.165) is 11.3 Å². The third-order valence-electron chi connectivity index (χ3n) is 2.55. The fourth-order valence-electron chi connectivity index (χ4n) is 1.75. The number of pyridine rings is 1. The van der Waals surface area contributed by atoms with Gasteiger partial charge in [-0.3, -0.25) is 14.8 Å². The molecule has 0 aliphatic carbocycles. The Hall–Kier alpha value is -2.70. The number of anilines is 1. The maximum atomic E-state index is 11.7. The van der Waals surface area contributed by atoms with Crippen molar-refractivity contribution in [2.45, 2.75) is 6.92 Å². The molecule has 3 heterocycles. The van der Waals surface area contributed by atoms with Crippen molar-refractivity contribution in [1.29, 1.82) is 0 Å². The van der Waals surface area contributed by atoms with Gasteiger partial charge >= 0.3 is 0 Å². The number of rotatable bonds is 1. The summed E-state index contributed by atoms with van der Waals surface area (Å²) in [6.07, 6.45) is 1.68. The van der Waals surface area contributed by atoms with Gasteiger partial charge in [0.25, 0.3) is 5.56 Å². The van der Waals surface area contributed by atoms with Gasteiger partial charge in [0.1, 0.15) is 5.82 Å². The molecule has 7 nitrogen and oxygen atoms in total. The fourth-order valence-corrected chi connectivity index (χ4v) is 1.75. The zero-order valence-electron chi connectivity index (χ0n) is 9.56. The van der Waals surface area contributed by atoms with Crippen LogP contribution in [-0.4, -0.2) is 24.9 Å². The summed E-state index contributed by atoms with van der Waals surface area (Å²) in [5, 5.41) is 0. The van der Waals surface area contributed by atoms with Crippen molar-refractivity contribution in [3.8, 4) is 11.4 Å². The van der Waals surface area contributed by atoms with Gasteiger partial charge in [0.05, 0.1) is 0 Å².